The Morgan fingerprint density at radius 1 is 1.14 bits per heavy atom. The lowest BCUT2D eigenvalue weighted by Gasteiger charge is -2.41. The van der Waals surface area contributed by atoms with Gasteiger partial charge in [0.15, 0.2) is 0 Å². The van der Waals surface area contributed by atoms with Gasteiger partial charge >= 0.3 is 0 Å². The van der Waals surface area contributed by atoms with Crippen LogP contribution in [0.2, 0.25) is 0 Å². The Morgan fingerprint density at radius 3 is 2.52 bits per heavy atom. The van der Waals surface area contributed by atoms with E-state index >= 15 is 0 Å². The second kappa shape index (κ2) is 7.26. The molecule has 0 aliphatic carbocycles. The molecule has 1 aromatic rings. The van der Waals surface area contributed by atoms with Gasteiger partial charge in [-0.05, 0) is 43.9 Å². The number of piperidine rings is 2. The van der Waals surface area contributed by atoms with E-state index in [2.05, 4.69) is 22.5 Å². The number of hydrogen-bond acceptors (Lipinski definition) is 6. The summed E-state index contributed by atoms with van der Waals surface area (Å²) in [4.78, 5) is 53.1. The van der Waals surface area contributed by atoms with Crippen molar-refractivity contribution in [2.45, 2.75) is 38.6 Å². The molecule has 3 aliphatic heterocycles. The average molecular weight is 398 g/mol. The molecule has 154 valence electrons. The lowest BCUT2D eigenvalue weighted by molar-refractivity contribution is -0.136. The highest BCUT2D eigenvalue weighted by molar-refractivity contribution is 6.25. The summed E-state index contributed by atoms with van der Waals surface area (Å²) < 4.78 is 0. The van der Waals surface area contributed by atoms with Gasteiger partial charge in [-0.3, -0.25) is 29.4 Å². The van der Waals surface area contributed by atoms with E-state index in [0.29, 0.717) is 11.1 Å². The Kier molecular flexibility index (Phi) is 4.90. The molecule has 8 nitrogen and oxygen atoms in total. The first-order valence-electron chi connectivity index (χ1n) is 10.1. The van der Waals surface area contributed by atoms with Gasteiger partial charge in [0.05, 0.1) is 16.8 Å². The summed E-state index contributed by atoms with van der Waals surface area (Å²) >= 11 is 0. The monoisotopic (exact) mass is 398 g/mol. The zero-order valence-corrected chi connectivity index (χ0v) is 16.8. The molecule has 0 aromatic heterocycles. The highest BCUT2D eigenvalue weighted by atomic mass is 16.2. The summed E-state index contributed by atoms with van der Waals surface area (Å²) in [7, 11) is 1.95. The van der Waals surface area contributed by atoms with Crippen LogP contribution in [-0.4, -0.2) is 61.3 Å². The van der Waals surface area contributed by atoms with Gasteiger partial charge in [-0.15, -0.1) is 0 Å². The van der Waals surface area contributed by atoms with Crippen molar-refractivity contribution in [3.05, 3.63) is 29.3 Å². The number of rotatable bonds is 4. The van der Waals surface area contributed by atoms with Crippen LogP contribution in [0.3, 0.4) is 0 Å². The maximum absolute atomic E-state index is 13.2. The lowest BCUT2D eigenvalue weighted by Crippen LogP contribution is -2.54. The standard InChI is InChI=1S/C21H26N4O4/c1-21(12-22-2)8-10-24(11-9-21)14-5-3-4-13-17(14)20(29)25(19(13)28)15-6-7-16(26)23-18(15)27/h3-5,15,22H,6-12H2,1-2H3,(H,23,26,27). The zero-order valence-electron chi connectivity index (χ0n) is 16.8. The molecule has 3 aliphatic rings. The number of nitrogens with zero attached hydrogens (tertiary/aromatic N) is 2. The van der Waals surface area contributed by atoms with Gasteiger partial charge in [0.1, 0.15) is 6.04 Å². The van der Waals surface area contributed by atoms with Crippen LogP contribution < -0.4 is 15.5 Å². The quantitative estimate of drug-likeness (QED) is 0.732. The molecule has 1 unspecified atom stereocenters. The van der Waals surface area contributed by atoms with Crippen LogP contribution in [-0.2, 0) is 9.59 Å². The molecule has 1 aromatic carbocycles. The van der Waals surface area contributed by atoms with E-state index in [-0.39, 0.29) is 24.2 Å². The van der Waals surface area contributed by atoms with Gasteiger partial charge in [-0.1, -0.05) is 13.0 Å². The Hall–Kier alpha value is -2.74. The van der Waals surface area contributed by atoms with E-state index < -0.39 is 23.8 Å². The van der Waals surface area contributed by atoms with Crippen LogP contribution in [0.1, 0.15) is 53.3 Å². The summed E-state index contributed by atoms with van der Waals surface area (Å²) in [6.07, 6.45) is 2.25. The van der Waals surface area contributed by atoms with Crippen LogP contribution in [0.25, 0.3) is 0 Å². The summed E-state index contributed by atoms with van der Waals surface area (Å²) in [5.74, 6) is -1.86. The largest absolute Gasteiger partial charge is 0.371 e. The molecule has 0 bridgehead atoms. The van der Waals surface area contributed by atoms with E-state index in [9.17, 15) is 19.2 Å². The number of nitrogens with one attached hydrogen (secondary N) is 2. The first kappa shape index (κ1) is 19.6. The molecular weight excluding hydrogens is 372 g/mol. The summed E-state index contributed by atoms with van der Waals surface area (Å²) in [6, 6.07) is 4.36. The molecule has 0 saturated carbocycles. The molecule has 8 heteroatoms. The van der Waals surface area contributed by atoms with E-state index in [1.54, 1.807) is 12.1 Å². The summed E-state index contributed by atoms with van der Waals surface area (Å²) in [5.41, 5.74) is 1.67. The molecular formula is C21H26N4O4. The van der Waals surface area contributed by atoms with Gasteiger partial charge in [0.25, 0.3) is 11.8 Å². The molecule has 2 N–H and O–H groups in total. The number of amides is 4. The number of anilines is 1. The van der Waals surface area contributed by atoms with Crippen molar-refractivity contribution in [3.63, 3.8) is 0 Å². The highest BCUT2D eigenvalue weighted by Gasteiger charge is 2.46. The minimum atomic E-state index is -0.937. The predicted molar refractivity (Wildman–Crippen MR) is 107 cm³/mol. The first-order valence-corrected chi connectivity index (χ1v) is 10.1. The molecule has 29 heavy (non-hydrogen) atoms. The molecule has 3 heterocycles. The minimum Gasteiger partial charge on any atom is -0.371 e. The number of carbonyl (C=O) groups excluding carboxylic acids is 4. The number of benzene rings is 1. The average Bonchev–Trinajstić information content (AvgIpc) is 2.94. The van der Waals surface area contributed by atoms with Crippen molar-refractivity contribution in [2.75, 3.05) is 31.6 Å². The van der Waals surface area contributed by atoms with Gasteiger partial charge in [0, 0.05) is 26.1 Å². The van der Waals surface area contributed by atoms with Crippen LogP contribution in [0.4, 0.5) is 5.69 Å². The Bertz CT molecular complexity index is 889. The summed E-state index contributed by atoms with van der Waals surface area (Å²) in [6.45, 7) is 4.80. The minimum absolute atomic E-state index is 0.118. The highest BCUT2D eigenvalue weighted by Crippen LogP contribution is 2.38. The molecule has 2 saturated heterocycles. The molecule has 0 radical (unpaired) electrons. The van der Waals surface area contributed by atoms with Crippen LogP contribution in [0.5, 0.6) is 0 Å². The number of imide groups is 2. The zero-order chi connectivity index (χ0) is 20.8. The Labute approximate surface area is 169 Å². The number of carbonyl (C=O) groups is 4. The summed E-state index contributed by atoms with van der Waals surface area (Å²) in [5, 5.41) is 5.48. The Balaban J connectivity index is 1.61. The maximum Gasteiger partial charge on any atom is 0.264 e. The van der Waals surface area contributed by atoms with Crippen molar-refractivity contribution in [1.82, 2.24) is 15.5 Å². The SMILES string of the molecule is CNCC1(C)CCN(c2cccc3c2C(=O)N(C2CCC(=O)NC2=O)C3=O)CC1. The van der Waals surface area contributed by atoms with Gasteiger partial charge < -0.3 is 10.2 Å². The van der Waals surface area contributed by atoms with Crippen LogP contribution in [0, 0.1) is 5.41 Å². The van der Waals surface area contributed by atoms with E-state index in [1.807, 2.05) is 13.1 Å². The molecule has 4 amide bonds. The Morgan fingerprint density at radius 2 is 1.86 bits per heavy atom. The molecule has 4 rings (SSSR count). The van der Waals surface area contributed by atoms with E-state index in [4.69, 9.17) is 0 Å². The van der Waals surface area contributed by atoms with Crippen molar-refractivity contribution in [3.8, 4) is 0 Å². The van der Waals surface area contributed by atoms with Crippen molar-refractivity contribution in [1.29, 1.82) is 0 Å². The van der Waals surface area contributed by atoms with Crippen LogP contribution in [0.15, 0.2) is 18.2 Å². The first-order chi connectivity index (χ1) is 13.8. The number of fused-ring (bicyclic) bond motifs is 1. The van der Waals surface area contributed by atoms with Crippen LogP contribution >= 0.6 is 0 Å². The van der Waals surface area contributed by atoms with Gasteiger partial charge in [-0.2, -0.15) is 0 Å². The van der Waals surface area contributed by atoms with E-state index in [0.717, 1.165) is 43.1 Å². The topological polar surface area (TPSA) is 98.8 Å². The normalized spacial score (nSPS) is 24.0. The third kappa shape index (κ3) is 3.31. The van der Waals surface area contributed by atoms with Crippen molar-refractivity contribution >= 4 is 29.3 Å². The lowest BCUT2D eigenvalue weighted by atomic mass is 9.80. The molecule has 0 spiro atoms. The molecule has 1 atom stereocenters. The second-order valence-electron chi connectivity index (χ2n) is 8.47. The molecule has 2 fully saturated rings. The second-order valence-corrected chi connectivity index (χ2v) is 8.47. The predicted octanol–water partition coefficient (Wildman–Crippen LogP) is 0.914. The van der Waals surface area contributed by atoms with Crippen molar-refractivity contribution in [2.24, 2.45) is 5.41 Å². The fraction of sp³-hybridized carbons (Fsp3) is 0.524. The third-order valence-electron chi connectivity index (χ3n) is 6.36. The fourth-order valence-corrected chi connectivity index (χ4v) is 4.65. The van der Waals surface area contributed by atoms with Crippen molar-refractivity contribution < 1.29 is 19.2 Å². The number of hydrogen-bond donors (Lipinski definition) is 2. The smallest absolute Gasteiger partial charge is 0.264 e. The fourth-order valence-electron chi connectivity index (χ4n) is 4.65. The third-order valence-corrected chi connectivity index (χ3v) is 6.36. The van der Waals surface area contributed by atoms with Gasteiger partial charge in [-0.25, -0.2) is 0 Å². The van der Waals surface area contributed by atoms with Gasteiger partial charge in [0.2, 0.25) is 11.8 Å². The van der Waals surface area contributed by atoms with E-state index in [1.165, 1.54) is 0 Å². The maximum atomic E-state index is 13.2.